The fourth-order valence-electron chi connectivity index (χ4n) is 0.361. The predicted octanol–water partition coefficient (Wildman–Crippen LogP) is 2.01. The first-order chi connectivity index (χ1) is 5.10. The molecule has 0 spiro atoms. The van der Waals surface area contributed by atoms with Gasteiger partial charge in [-0.2, -0.15) is 0 Å². The van der Waals surface area contributed by atoms with E-state index in [-0.39, 0.29) is 0 Å². The molecule has 1 N–H and O–H groups in total. The molecule has 0 saturated carbocycles. The van der Waals surface area contributed by atoms with Crippen molar-refractivity contribution >= 4 is 14.1 Å². The Hall–Kier alpha value is -0.610. The summed E-state index contributed by atoms with van der Waals surface area (Å²) in [7, 11) is -5.28. The second kappa shape index (κ2) is 3.41. The van der Waals surface area contributed by atoms with Crippen LogP contribution in [0.1, 0.15) is 20.8 Å². The SMILES string of the molecule is CC(C)(C)OC(=O)OP(=O)(O)F. The van der Waals surface area contributed by atoms with Gasteiger partial charge in [-0.3, -0.25) is 4.89 Å². The third kappa shape index (κ3) is 7.50. The summed E-state index contributed by atoms with van der Waals surface area (Å²) in [5, 5.41) is 0. The van der Waals surface area contributed by atoms with Gasteiger partial charge in [0, 0.05) is 0 Å². The molecule has 0 aliphatic heterocycles. The van der Waals surface area contributed by atoms with Crippen molar-refractivity contribution in [2.75, 3.05) is 0 Å². The normalized spacial score (nSPS) is 16.4. The molecule has 0 fully saturated rings. The van der Waals surface area contributed by atoms with Crippen LogP contribution in [0, 0.1) is 0 Å². The van der Waals surface area contributed by atoms with E-state index in [4.69, 9.17) is 4.89 Å². The first-order valence-electron chi connectivity index (χ1n) is 3.05. The van der Waals surface area contributed by atoms with Gasteiger partial charge in [0.15, 0.2) is 0 Å². The number of halogens is 1. The largest absolute Gasteiger partial charge is 0.571 e. The third-order valence-corrected chi connectivity index (χ3v) is 0.951. The second-order valence-corrected chi connectivity index (χ2v) is 4.09. The van der Waals surface area contributed by atoms with Gasteiger partial charge in [-0.15, -0.1) is 4.20 Å². The van der Waals surface area contributed by atoms with Gasteiger partial charge < -0.3 is 9.26 Å². The Kier molecular flexibility index (Phi) is 3.24. The van der Waals surface area contributed by atoms with E-state index in [1.54, 1.807) is 0 Å². The van der Waals surface area contributed by atoms with E-state index in [1.807, 2.05) is 0 Å². The van der Waals surface area contributed by atoms with Crippen LogP contribution in [0.3, 0.4) is 0 Å². The van der Waals surface area contributed by atoms with Crippen molar-refractivity contribution in [1.82, 2.24) is 0 Å². The maximum atomic E-state index is 11.8. The van der Waals surface area contributed by atoms with Gasteiger partial charge in [0.25, 0.3) is 0 Å². The number of hydrogen-bond donors (Lipinski definition) is 1. The zero-order valence-corrected chi connectivity index (χ0v) is 7.80. The monoisotopic (exact) mass is 200 g/mol. The van der Waals surface area contributed by atoms with Crippen molar-refractivity contribution in [3.8, 4) is 0 Å². The van der Waals surface area contributed by atoms with Crippen LogP contribution in [0.5, 0.6) is 0 Å². The third-order valence-electron chi connectivity index (χ3n) is 0.577. The highest BCUT2D eigenvalue weighted by atomic mass is 31.2. The average Bonchev–Trinajstić information content (AvgIpc) is 1.49. The number of ether oxygens (including phenoxy) is 1. The molecule has 0 aliphatic carbocycles. The van der Waals surface area contributed by atoms with E-state index in [1.165, 1.54) is 20.8 Å². The molecule has 7 heteroatoms. The molecule has 5 nitrogen and oxygen atoms in total. The van der Waals surface area contributed by atoms with Crippen LogP contribution in [0.25, 0.3) is 0 Å². The smallest absolute Gasteiger partial charge is 0.428 e. The molecule has 0 rings (SSSR count). The van der Waals surface area contributed by atoms with Crippen LogP contribution in [0.4, 0.5) is 8.99 Å². The molecule has 0 radical (unpaired) electrons. The predicted molar refractivity (Wildman–Crippen MR) is 38.3 cm³/mol. The lowest BCUT2D eigenvalue weighted by Crippen LogP contribution is -2.23. The topological polar surface area (TPSA) is 72.8 Å². The molecule has 0 aromatic carbocycles. The molecule has 0 aromatic rings. The maximum absolute atomic E-state index is 11.8. The highest BCUT2D eigenvalue weighted by molar-refractivity contribution is 7.47. The van der Waals surface area contributed by atoms with Crippen molar-refractivity contribution in [1.29, 1.82) is 0 Å². The zero-order valence-electron chi connectivity index (χ0n) is 6.91. The molecule has 12 heavy (non-hydrogen) atoms. The highest BCUT2D eigenvalue weighted by Crippen LogP contribution is 2.43. The fraction of sp³-hybridized carbons (Fsp3) is 0.800. The molecule has 1 atom stereocenters. The summed E-state index contributed by atoms with van der Waals surface area (Å²) >= 11 is 0. The summed E-state index contributed by atoms with van der Waals surface area (Å²) < 4.78 is 29.5. The van der Waals surface area contributed by atoms with Gasteiger partial charge in [-0.1, -0.05) is 0 Å². The minimum Gasteiger partial charge on any atom is -0.428 e. The zero-order chi connectivity index (χ0) is 9.99. The lowest BCUT2D eigenvalue weighted by Gasteiger charge is -2.18. The lowest BCUT2D eigenvalue weighted by atomic mass is 10.2. The van der Waals surface area contributed by atoms with E-state index in [0.717, 1.165) is 0 Å². The van der Waals surface area contributed by atoms with Crippen LogP contribution in [0.15, 0.2) is 0 Å². The first kappa shape index (κ1) is 11.4. The summed E-state index contributed by atoms with van der Waals surface area (Å²) in [6, 6.07) is 0. The van der Waals surface area contributed by atoms with Crippen molar-refractivity contribution < 1.29 is 27.7 Å². The summed E-state index contributed by atoms with van der Waals surface area (Å²) in [6.45, 7) is 4.53. The highest BCUT2D eigenvalue weighted by Gasteiger charge is 2.27. The molecule has 0 heterocycles. The van der Waals surface area contributed by atoms with E-state index in [0.29, 0.717) is 0 Å². The minimum atomic E-state index is -5.28. The molecular weight excluding hydrogens is 190 g/mol. The maximum Gasteiger partial charge on any atom is 0.571 e. The Labute approximate surface area is 69.1 Å². The second-order valence-electron chi connectivity index (χ2n) is 3.01. The molecular formula is C5H10FO5P. The van der Waals surface area contributed by atoms with Crippen molar-refractivity contribution in [2.24, 2.45) is 0 Å². The van der Waals surface area contributed by atoms with E-state index >= 15 is 0 Å². The Balaban J connectivity index is 4.01. The summed E-state index contributed by atoms with van der Waals surface area (Å²) in [4.78, 5) is 18.4. The first-order valence-corrected chi connectivity index (χ1v) is 4.52. The Morgan fingerprint density at radius 2 is 1.92 bits per heavy atom. The van der Waals surface area contributed by atoms with E-state index in [9.17, 15) is 13.6 Å². The van der Waals surface area contributed by atoms with Crippen molar-refractivity contribution in [2.45, 2.75) is 26.4 Å². The Morgan fingerprint density at radius 1 is 1.50 bits per heavy atom. The summed E-state index contributed by atoms with van der Waals surface area (Å²) in [6.07, 6.45) is -1.50. The van der Waals surface area contributed by atoms with Crippen LogP contribution in [-0.4, -0.2) is 16.6 Å². The van der Waals surface area contributed by atoms with Gasteiger partial charge in [0.1, 0.15) is 5.60 Å². The van der Waals surface area contributed by atoms with Gasteiger partial charge >= 0.3 is 14.1 Å². The molecule has 0 aromatic heterocycles. The number of carbonyl (C=O) groups is 1. The number of rotatable bonds is 1. The van der Waals surface area contributed by atoms with Crippen LogP contribution in [-0.2, 0) is 13.8 Å². The van der Waals surface area contributed by atoms with E-state index in [2.05, 4.69) is 9.26 Å². The molecule has 0 amide bonds. The van der Waals surface area contributed by atoms with E-state index < -0.39 is 19.7 Å². The van der Waals surface area contributed by atoms with Crippen molar-refractivity contribution in [3.63, 3.8) is 0 Å². The Morgan fingerprint density at radius 3 is 2.17 bits per heavy atom. The quantitative estimate of drug-likeness (QED) is 0.517. The lowest BCUT2D eigenvalue weighted by molar-refractivity contribution is 0.0166. The van der Waals surface area contributed by atoms with Crippen LogP contribution in [0.2, 0.25) is 0 Å². The molecule has 1 unspecified atom stereocenters. The standard InChI is InChI=1S/C5H10FO5P/c1-5(2,3)10-4(7)11-12(6,8)9/h1-3H3,(H,8,9). The van der Waals surface area contributed by atoms with Gasteiger partial charge in [-0.05, 0) is 20.8 Å². The molecule has 0 aliphatic rings. The Bertz CT molecular complexity index is 214. The van der Waals surface area contributed by atoms with Gasteiger partial charge in [-0.25, -0.2) is 9.36 Å². The van der Waals surface area contributed by atoms with Crippen LogP contribution >= 0.6 is 7.91 Å². The average molecular weight is 200 g/mol. The molecule has 0 saturated heterocycles. The molecule has 0 bridgehead atoms. The molecule has 72 valence electrons. The number of carbonyl (C=O) groups excluding carboxylic acids is 1. The minimum absolute atomic E-state index is 0.883. The van der Waals surface area contributed by atoms with Crippen LogP contribution < -0.4 is 0 Å². The van der Waals surface area contributed by atoms with Gasteiger partial charge in [0.2, 0.25) is 0 Å². The summed E-state index contributed by atoms with van der Waals surface area (Å²) in [5.74, 6) is 0. The van der Waals surface area contributed by atoms with Gasteiger partial charge in [0.05, 0.1) is 0 Å². The fourth-order valence-corrected chi connectivity index (χ4v) is 0.582. The summed E-state index contributed by atoms with van der Waals surface area (Å²) in [5.41, 5.74) is -0.883. The number of hydrogen-bond acceptors (Lipinski definition) is 4. The van der Waals surface area contributed by atoms with Crippen molar-refractivity contribution in [3.05, 3.63) is 0 Å².